The number of nitrogens with two attached hydrogens (primary N) is 1. The lowest BCUT2D eigenvalue weighted by molar-refractivity contribution is -0.0247. The van der Waals surface area contributed by atoms with Gasteiger partial charge in [0.25, 0.3) is 0 Å². The average Bonchev–Trinajstić information content (AvgIpc) is 2.96. The van der Waals surface area contributed by atoms with E-state index in [-0.39, 0.29) is 11.6 Å². The van der Waals surface area contributed by atoms with E-state index in [1.165, 1.54) is 6.33 Å². The van der Waals surface area contributed by atoms with E-state index >= 15 is 0 Å². The normalized spacial score (nSPS) is 31.1. The van der Waals surface area contributed by atoms with Crippen molar-refractivity contribution in [3.63, 3.8) is 0 Å². The van der Waals surface area contributed by atoms with Crippen LogP contribution < -0.4 is 5.73 Å². The number of nitrogens with one attached hydrogen (secondary N) is 1. The van der Waals surface area contributed by atoms with Gasteiger partial charge >= 0.3 is 0 Å². The number of aromatic amines is 1. The van der Waals surface area contributed by atoms with Crippen molar-refractivity contribution in [3.05, 3.63) is 12.2 Å². The molecular weight excluding hydrogens is 257 g/mol. The van der Waals surface area contributed by atoms with Gasteiger partial charge in [-0.1, -0.05) is 0 Å². The Morgan fingerprint density at radius 3 is 2.95 bits per heavy atom. The lowest BCUT2D eigenvalue weighted by atomic mass is 10.1. The first-order chi connectivity index (χ1) is 9.11. The standard InChI is InChI=1S/C10H12FN5O3/c11-4-6(18)3(1-17)19-7(4)10-15-8(12)5-9(16-10)14-2-13-5/h2-4,6-7,17-18H,1H2,(H3,12,13,14,15,16)/t3-,4+,6-,7?/m1/s1. The number of fused-ring (bicyclic) bond motifs is 1. The number of alkyl halides is 1. The Hall–Kier alpha value is -1.84. The van der Waals surface area contributed by atoms with Crippen LogP contribution in [0.3, 0.4) is 0 Å². The molecule has 0 amide bonds. The first kappa shape index (κ1) is 12.2. The molecule has 1 fully saturated rings. The van der Waals surface area contributed by atoms with Crippen molar-refractivity contribution in [2.45, 2.75) is 24.5 Å². The van der Waals surface area contributed by atoms with E-state index in [0.717, 1.165) is 0 Å². The Morgan fingerprint density at radius 2 is 2.26 bits per heavy atom. The van der Waals surface area contributed by atoms with Gasteiger partial charge in [-0.15, -0.1) is 0 Å². The number of aliphatic hydroxyl groups is 2. The summed E-state index contributed by atoms with van der Waals surface area (Å²) in [4.78, 5) is 14.7. The number of H-pyrrole nitrogens is 1. The van der Waals surface area contributed by atoms with Crippen molar-refractivity contribution in [3.8, 4) is 0 Å². The van der Waals surface area contributed by atoms with E-state index in [2.05, 4.69) is 19.9 Å². The van der Waals surface area contributed by atoms with E-state index in [1.54, 1.807) is 0 Å². The first-order valence-electron chi connectivity index (χ1n) is 5.66. The van der Waals surface area contributed by atoms with E-state index in [4.69, 9.17) is 15.6 Å². The second-order valence-electron chi connectivity index (χ2n) is 4.28. The number of ether oxygens (including phenoxy) is 1. The molecule has 0 aromatic carbocycles. The van der Waals surface area contributed by atoms with Gasteiger partial charge < -0.3 is 25.7 Å². The number of nitrogens with zero attached hydrogens (tertiary/aromatic N) is 3. The second-order valence-corrected chi connectivity index (χ2v) is 4.28. The summed E-state index contributed by atoms with van der Waals surface area (Å²) in [6, 6.07) is 0. The molecule has 2 aromatic rings. The maximum absolute atomic E-state index is 13.9. The summed E-state index contributed by atoms with van der Waals surface area (Å²) < 4.78 is 19.1. The van der Waals surface area contributed by atoms with Crippen LogP contribution in [-0.2, 0) is 4.74 Å². The fourth-order valence-corrected chi connectivity index (χ4v) is 2.08. The van der Waals surface area contributed by atoms with E-state index in [9.17, 15) is 9.50 Å². The molecule has 5 N–H and O–H groups in total. The molecule has 1 aliphatic heterocycles. The largest absolute Gasteiger partial charge is 0.394 e. The minimum absolute atomic E-state index is 0.000370. The third-order valence-corrected chi connectivity index (χ3v) is 3.08. The van der Waals surface area contributed by atoms with Crippen molar-refractivity contribution in [2.24, 2.45) is 0 Å². The summed E-state index contributed by atoms with van der Waals surface area (Å²) in [6.45, 7) is -0.488. The highest BCUT2D eigenvalue weighted by atomic mass is 19.1. The number of nitrogen functional groups attached to an aromatic ring is 1. The van der Waals surface area contributed by atoms with Gasteiger partial charge in [0.1, 0.15) is 17.7 Å². The molecule has 102 valence electrons. The first-order valence-corrected chi connectivity index (χ1v) is 5.66. The predicted molar refractivity (Wildman–Crippen MR) is 61.7 cm³/mol. The number of aromatic nitrogens is 4. The number of halogens is 1. The van der Waals surface area contributed by atoms with Crippen LogP contribution in [0.25, 0.3) is 11.2 Å². The molecule has 0 bridgehead atoms. The summed E-state index contributed by atoms with van der Waals surface area (Å²) in [5.41, 5.74) is 6.45. The molecule has 0 aliphatic carbocycles. The zero-order valence-electron chi connectivity index (χ0n) is 9.69. The third kappa shape index (κ3) is 1.82. The summed E-state index contributed by atoms with van der Waals surface area (Å²) >= 11 is 0. The van der Waals surface area contributed by atoms with Gasteiger partial charge in [0, 0.05) is 0 Å². The number of anilines is 1. The fourth-order valence-electron chi connectivity index (χ4n) is 2.08. The smallest absolute Gasteiger partial charge is 0.183 e. The quantitative estimate of drug-likeness (QED) is 0.553. The molecule has 1 aliphatic rings. The van der Waals surface area contributed by atoms with Crippen LogP contribution in [0.15, 0.2) is 6.33 Å². The summed E-state index contributed by atoms with van der Waals surface area (Å²) in [7, 11) is 0. The lowest BCUT2D eigenvalue weighted by Gasteiger charge is -2.11. The van der Waals surface area contributed by atoms with Crippen LogP contribution in [0.4, 0.5) is 10.2 Å². The van der Waals surface area contributed by atoms with Gasteiger partial charge in [0.15, 0.2) is 29.6 Å². The molecule has 3 rings (SSSR count). The van der Waals surface area contributed by atoms with Crippen LogP contribution in [-0.4, -0.2) is 55.1 Å². The van der Waals surface area contributed by atoms with Crippen LogP contribution in [0.2, 0.25) is 0 Å². The van der Waals surface area contributed by atoms with Gasteiger partial charge in [-0.2, -0.15) is 0 Å². The summed E-state index contributed by atoms with van der Waals surface area (Å²) in [6.07, 6.45) is -3.93. The maximum Gasteiger partial charge on any atom is 0.183 e. The number of rotatable bonds is 2. The number of hydrogen-bond donors (Lipinski definition) is 4. The minimum Gasteiger partial charge on any atom is -0.394 e. The van der Waals surface area contributed by atoms with E-state index in [1.807, 2.05) is 0 Å². The lowest BCUT2D eigenvalue weighted by Crippen LogP contribution is -2.30. The minimum atomic E-state index is -1.73. The van der Waals surface area contributed by atoms with E-state index in [0.29, 0.717) is 11.2 Å². The summed E-state index contributed by atoms with van der Waals surface area (Å²) in [5, 5.41) is 18.5. The predicted octanol–water partition coefficient (Wildman–Crippen LogP) is -0.934. The molecule has 0 spiro atoms. The molecule has 1 unspecified atom stereocenters. The SMILES string of the molecule is Nc1nc(C2O[C@H](CO)[C@@H](O)[C@@H]2F)nc2nc[nH]c12. The highest BCUT2D eigenvalue weighted by Crippen LogP contribution is 2.34. The monoisotopic (exact) mass is 269 g/mol. The van der Waals surface area contributed by atoms with Crippen molar-refractivity contribution >= 4 is 17.0 Å². The number of imidazole rings is 1. The molecule has 3 heterocycles. The van der Waals surface area contributed by atoms with Gasteiger partial charge in [0.05, 0.1) is 12.9 Å². The Labute approximate surface area is 106 Å². The highest BCUT2D eigenvalue weighted by Gasteiger charge is 2.46. The Morgan fingerprint density at radius 1 is 1.47 bits per heavy atom. The van der Waals surface area contributed by atoms with Crippen molar-refractivity contribution < 1.29 is 19.3 Å². The van der Waals surface area contributed by atoms with Crippen LogP contribution >= 0.6 is 0 Å². The van der Waals surface area contributed by atoms with Gasteiger partial charge in [-0.05, 0) is 0 Å². The average molecular weight is 269 g/mol. The van der Waals surface area contributed by atoms with Crippen molar-refractivity contribution in [1.29, 1.82) is 0 Å². The molecule has 8 nitrogen and oxygen atoms in total. The van der Waals surface area contributed by atoms with E-state index < -0.39 is 31.1 Å². The van der Waals surface area contributed by atoms with Crippen LogP contribution in [0.5, 0.6) is 0 Å². The van der Waals surface area contributed by atoms with Crippen LogP contribution in [0.1, 0.15) is 11.9 Å². The zero-order chi connectivity index (χ0) is 13.6. The molecular formula is C10H12FN5O3. The van der Waals surface area contributed by atoms with Crippen LogP contribution in [0, 0.1) is 0 Å². The van der Waals surface area contributed by atoms with Crippen molar-refractivity contribution in [1.82, 2.24) is 19.9 Å². The number of aliphatic hydroxyl groups excluding tert-OH is 2. The van der Waals surface area contributed by atoms with Gasteiger partial charge in [0.2, 0.25) is 0 Å². The molecule has 9 heteroatoms. The summed E-state index contributed by atoms with van der Waals surface area (Å²) in [5.74, 6) is 0.120. The zero-order valence-corrected chi connectivity index (χ0v) is 9.69. The molecule has 1 saturated heterocycles. The fraction of sp³-hybridized carbons (Fsp3) is 0.500. The molecule has 0 radical (unpaired) electrons. The third-order valence-electron chi connectivity index (χ3n) is 3.08. The Balaban J connectivity index is 2.00. The molecule has 0 saturated carbocycles. The topological polar surface area (TPSA) is 130 Å². The molecule has 4 atom stereocenters. The van der Waals surface area contributed by atoms with Gasteiger partial charge in [-0.3, -0.25) is 0 Å². The van der Waals surface area contributed by atoms with Crippen molar-refractivity contribution in [2.75, 3.05) is 12.3 Å². The second kappa shape index (κ2) is 4.37. The molecule has 19 heavy (non-hydrogen) atoms. The number of hydrogen-bond acceptors (Lipinski definition) is 7. The molecule has 2 aromatic heterocycles. The highest BCUT2D eigenvalue weighted by molar-refractivity contribution is 5.80. The Kier molecular flexibility index (Phi) is 2.81. The maximum atomic E-state index is 13.9. The Bertz CT molecular complexity index is 606. The van der Waals surface area contributed by atoms with Gasteiger partial charge in [-0.25, -0.2) is 19.3 Å².